The van der Waals surface area contributed by atoms with Gasteiger partial charge < -0.3 is 11.6 Å². The predicted octanol–water partition coefficient (Wildman–Crippen LogP) is -1.86. The number of nitrogens with one attached hydrogen (secondary N) is 1. The summed E-state index contributed by atoms with van der Waals surface area (Å²) in [6.07, 6.45) is 0. The van der Waals surface area contributed by atoms with Crippen LogP contribution in [0.25, 0.3) is 0 Å². The average Bonchev–Trinajstić information content (AvgIpc) is 1.97. The molecule has 0 radical (unpaired) electrons. The van der Waals surface area contributed by atoms with E-state index in [0.717, 1.165) is 0 Å². The molecule has 0 atom stereocenters. The second kappa shape index (κ2) is 2.15. The number of nitrogens with zero attached hydrogens (tertiary/aromatic N) is 1. The fourth-order valence-electron chi connectivity index (χ4n) is 0.657. The summed E-state index contributed by atoms with van der Waals surface area (Å²) in [5, 5.41) is 0. The number of aromatic nitrogens is 2. The van der Waals surface area contributed by atoms with Gasteiger partial charge in [-0.3, -0.25) is 9.78 Å². The summed E-state index contributed by atoms with van der Waals surface area (Å²) in [5.74, 6) is 5.15. The molecule has 5 N–H and O–H groups in total. The molecule has 1 aromatic heterocycles. The number of H-pyrrole nitrogens is 1. The Labute approximate surface area is 61.4 Å². The minimum absolute atomic E-state index is 0.0150. The molecule has 0 saturated heterocycles. The Morgan fingerprint density at radius 2 is 2.00 bits per heavy atom. The smallest absolute Gasteiger partial charge is 0.348 e. The average molecular weight is 156 g/mol. The van der Waals surface area contributed by atoms with Crippen molar-refractivity contribution in [1.29, 1.82) is 0 Å². The number of nitrogens with two attached hydrogens (primary N) is 2. The van der Waals surface area contributed by atoms with Gasteiger partial charge in [-0.25, -0.2) is 4.79 Å². The molecular weight excluding hydrogens is 148 g/mol. The first-order valence-electron chi connectivity index (χ1n) is 2.90. The van der Waals surface area contributed by atoms with Gasteiger partial charge in [-0.1, -0.05) is 0 Å². The van der Waals surface area contributed by atoms with Crippen LogP contribution in [0.1, 0.15) is 5.56 Å². The van der Waals surface area contributed by atoms with Crippen LogP contribution < -0.4 is 22.8 Å². The van der Waals surface area contributed by atoms with Crippen molar-refractivity contribution < 1.29 is 0 Å². The van der Waals surface area contributed by atoms with Gasteiger partial charge in [0.05, 0.1) is 5.56 Å². The van der Waals surface area contributed by atoms with E-state index in [4.69, 9.17) is 11.6 Å². The standard InChI is InChI=1S/C5H8N4O2/c1-2-3(6)9(7)5(11)8-4(2)10/h6-7H2,1H3,(H,8,10,11). The Morgan fingerprint density at radius 1 is 1.45 bits per heavy atom. The number of anilines is 1. The Morgan fingerprint density at radius 3 is 2.55 bits per heavy atom. The number of hydrogen-bond acceptors (Lipinski definition) is 4. The lowest BCUT2D eigenvalue weighted by molar-refractivity contribution is 0.857. The quantitative estimate of drug-likeness (QED) is 0.383. The summed E-state index contributed by atoms with van der Waals surface area (Å²) in [6.45, 7) is 1.48. The van der Waals surface area contributed by atoms with Gasteiger partial charge in [-0.2, -0.15) is 4.68 Å². The maximum absolute atomic E-state index is 10.8. The molecule has 1 aromatic rings. The van der Waals surface area contributed by atoms with E-state index in [2.05, 4.69) is 0 Å². The van der Waals surface area contributed by atoms with Crippen molar-refractivity contribution in [2.24, 2.45) is 0 Å². The van der Waals surface area contributed by atoms with Crippen molar-refractivity contribution in [2.75, 3.05) is 11.6 Å². The Hall–Kier alpha value is -1.72. The van der Waals surface area contributed by atoms with E-state index < -0.39 is 11.2 Å². The highest BCUT2D eigenvalue weighted by Gasteiger charge is 2.03. The van der Waals surface area contributed by atoms with Crippen molar-refractivity contribution in [1.82, 2.24) is 9.66 Å². The predicted molar refractivity (Wildman–Crippen MR) is 40.6 cm³/mol. The molecule has 0 fully saturated rings. The molecule has 6 heteroatoms. The van der Waals surface area contributed by atoms with Crippen LogP contribution in [0.4, 0.5) is 5.82 Å². The summed E-state index contributed by atoms with van der Waals surface area (Å²) >= 11 is 0. The Bertz CT molecular complexity index is 354. The number of nitrogen functional groups attached to an aromatic ring is 2. The van der Waals surface area contributed by atoms with Gasteiger partial charge in [0, 0.05) is 0 Å². The largest absolute Gasteiger partial charge is 0.383 e. The van der Waals surface area contributed by atoms with Crippen molar-refractivity contribution in [2.45, 2.75) is 6.92 Å². The molecule has 60 valence electrons. The molecule has 0 saturated carbocycles. The molecule has 0 aromatic carbocycles. The number of aromatic amines is 1. The van der Waals surface area contributed by atoms with Gasteiger partial charge in [0.25, 0.3) is 5.56 Å². The molecule has 0 amide bonds. The van der Waals surface area contributed by atoms with Crippen molar-refractivity contribution >= 4 is 5.82 Å². The van der Waals surface area contributed by atoms with Crippen molar-refractivity contribution in [3.05, 3.63) is 26.4 Å². The first-order chi connectivity index (χ1) is 5.04. The van der Waals surface area contributed by atoms with Crippen LogP contribution in [0, 0.1) is 6.92 Å². The van der Waals surface area contributed by atoms with E-state index in [1.165, 1.54) is 6.92 Å². The monoisotopic (exact) mass is 156 g/mol. The third-order valence-corrected chi connectivity index (χ3v) is 1.42. The SMILES string of the molecule is Cc1c(N)n(N)c(=O)[nH]c1=O. The molecule has 0 unspecified atom stereocenters. The second-order valence-corrected chi connectivity index (χ2v) is 2.14. The maximum atomic E-state index is 10.8. The van der Waals surface area contributed by atoms with Crippen LogP contribution in [0.2, 0.25) is 0 Å². The summed E-state index contributed by atoms with van der Waals surface area (Å²) in [6, 6.07) is 0. The first-order valence-corrected chi connectivity index (χ1v) is 2.90. The molecule has 0 aliphatic carbocycles. The highest BCUT2D eigenvalue weighted by molar-refractivity contribution is 5.36. The summed E-state index contributed by atoms with van der Waals surface area (Å²) in [5.41, 5.74) is 4.33. The Balaban J connectivity index is 3.73. The van der Waals surface area contributed by atoms with E-state index >= 15 is 0 Å². The van der Waals surface area contributed by atoms with Crippen LogP contribution in [-0.4, -0.2) is 9.66 Å². The normalized spacial score (nSPS) is 9.91. The second-order valence-electron chi connectivity index (χ2n) is 2.14. The van der Waals surface area contributed by atoms with Crippen LogP contribution >= 0.6 is 0 Å². The van der Waals surface area contributed by atoms with E-state index in [9.17, 15) is 9.59 Å². The topological polar surface area (TPSA) is 107 Å². The minimum Gasteiger partial charge on any atom is -0.383 e. The third-order valence-electron chi connectivity index (χ3n) is 1.42. The Kier molecular flexibility index (Phi) is 1.45. The number of hydrogen-bond donors (Lipinski definition) is 3. The van der Waals surface area contributed by atoms with Gasteiger partial charge in [-0.15, -0.1) is 0 Å². The minimum atomic E-state index is -0.710. The first kappa shape index (κ1) is 7.39. The van der Waals surface area contributed by atoms with Crippen LogP contribution in [-0.2, 0) is 0 Å². The van der Waals surface area contributed by atoms with E-state index in [0.29, 0.717) is 4.68 Å². The fraction of sp³-hybridized carbons (Fsp3) is 0.200. The lowest BCUT2D eigenvalue weighted by atomic mass is 10.3. The maximum Gasteiger partial charge on any atom is 0.348 e. The van der Waals surface area contributed by atoms with E-state index in [1.54, 1.807) is 0 Å². The summed E-state index contributed by atoms with van der Waals surface area (Å²) < 4.78 is 0.691. The lowest BCUT2D eigenvalue weighted by Gasteiger charge is -2.02. The summed E-state index contributed by atoms with van der Waals surface area (Å²) in [7, 11) is 0. The van der Waals surface area contributed by atoms with Crippen molar-refractivity contribution in [3.8, 4) is 0 Å². The van der Waals surface area contributed by atoms with Crippen molar-refractivity contribution in [3.63, 3.8) is 0 Å². The third kappa shape index (κ3) is 0.977. The molecule has 0 bridgehead atoms. The van der Waals surface area contributed by atoms with E-state index in [1.807, 2.05) is 4.98 Å². The summed E-state index contributed by atoms with van der Waals surface area (Å²) in [4.78, 5) is 23.5. The zero-order valence-electron chi connectivity index (χ0n) is 5.92. The van der Waals surface area contributed by atoms with Gasteiger partial charge in [-0.05, 0) is 6.92 Å². The van der Waals surface area contributed by atoms with E-state index in [-0.39, 0.29) is 11.4 Å². The zero-order chi connectivity index (χ0) is 8.59. The lowest BCUT2D eigenvalue weighted by Crippen LogP contribution is -2.37. The van der Waals surface area contributed by atoms with Crippen LogP contribution in [0.5, 0.6) is 0 Å². The zero-order valence-corrected chi connectivity index (χ0v) is 5.92. The molecule has 11 heavy (non-hydrogen) atoms. The van der Waals surface area contributed by atoms with Gasteiger partial charge >= 0.3 is 5.69 Å². The fourth-order valence-corrected chi connectivity index (χ4v) is 0.657. The van der Waals surface area contributed by atoms with Crippen LogP contribution in [0.3, 0.4) is 0 Å². The van der Waals surface area contributed by atoms with Gasteiger partial charge in [0.1, 0.15) is 5.82 Å². The van der Waals surface area contributed by atoms with Crippen LogP contribution in [0.15, 0.2) is 9.59 Å². The highest BCUT2D eigenvalue weighted by Crippen LogP contribution is 1.95. The molecule has 0 aliphatic rings. The van der Waals surface area contributed by atoms with Gasteiger partial charge in [0.2, 0.25) is 0 Å². The molecular formula is C5H8N4O2. The molecule has 6 nitrogen and oxygen atoms in total. The molecule has 1 rings (SSSR count). The molecule has 0 aliphatic heterocycles. The molecule has 0 spiro atoms. The number of rotatable bonds is 0. The highest BCUT2D eigenvalue weighted by atomic mass is 16.2. The molecule has 1 heterocycles. The van der Waals surface area contributed by atoms with Gasteiger partial charge in [0.15, 0.2) is 0 Å².